The topological polar surface area (TPSA) is 68.3 Å². The monoisotopic (exact) mass is 320 g/mol. The number of aromatic nitrogens is 1. The average molecular weight is 320 g/mol. The third-order valence-corrected chi connectivity index (χ3v) is 4.86. The number of nitrogens with zero attached hydrogens (tertiary/aromatic N) is 1. The van der Waals surface area contributed by atoms with Crippen LogP contribution in [0.25, 0.3) is 0 Å². The average Bonchev–Trinajstić information content (AvgIpc) is 2.47. The number of rotatable bonds is 6. The van der Waals surface area contributed by atoms with Crippen LogP contribution in [0.4, 0.5) is 0 Å². The van der Waals surface area contributed by atoms with Gasteiger partial charge in [-0.25, -0.2) is 13.1 Å². The maximum Gasteiger partial charge on any atom is 0.240 e. The summed E-state index contributed by atoms with van der Waals surface area (Å²) in [5.41, 5.74) is 1.63. The Hall–Kier alpha value is -1.92. The van der Waals surface area contributed by atoms with Gasteiger partial charge in [0.05, 0.1) is 12.0 Å². The molecule has 0 bridgehead atoms. The molecule has 0 unspecified atom stereocenters. The molecule has 0 radical (unpaired) electrons. The first kappa shape index (κ1) is 16.5. The number of aryl methyl sites for hydroxylation is 1. The van der Waals surface area contributed by atoms with E-state index in [1.54, 1.807) is 31.5 Å². The van der Waals surface area contributed by atoms with Crippen LogP contribution in [0.15, 0.2) is 47.5 Å². The SMILES string of the molecule is COc1ccc(S(=O)(=O)N[C@@H](C)Cc2ccccn2)cc1C. The van der Waals surface area contributed by atoms with Gasteiger partial charge < -0.3 is 4.74 Å². The fourth-order valence-electron chi connectivity index (χ4n) is 2.23. The Morgan fingerprint density at radius 2 is 2.05 bits per heavy atom. The van der Waals surface area contributed by atoms with Gasteiger partial charge in [-0.2, -0.15) is 0 Å². The summed E-state index contributed by atoms with van der Waals surface area (Å²) in [5.74, 6) is 0.667. The number of benzene rings is 1. The minimum Gasteiger partial charge on any atom is -0.496 e. The van der Waals surface area contributed by atoms with Crippen LogP contribution in [-0.4, -0.2) is 26.6 Å². The number of ether oxygens (including phenoxy) is 1. The molecular formula is C16H20N2O3S. The first-order chi connectivity index (χ1) is 10.4. The van der Waals surface area contributed by atoms with Crippen LogP contribution in [0.5, 0.6) is 5.75 Å². The summed E-state index contributed by atoms with van der Waals surface area (Å²) in [6.07, 6.45) is 2.23. The molecule has 1 atom stereocenters. The van der Waals surface area contributed by atoms with Gasteiger partial charge in [-0.1, -0.05) is 6.07 Å². The van der Waals surface area contributed by atoms with Gasteiger partial charge in [0.2, 0.25) is 10.0 Å². The highest BCUT2D eigenvalue weighted by molar-refractivity contribution is 7.89. The maximum absolute atomic E-state index is 12.4. The van der Waals surface area contributed by atoms with E-state index in [9.17, 15) is 8.42 Å². The van der Waals surface area contributed by atoms with Crippen LogP contribution < -0.4 is 9.46 Å². The van der Waals surface area contributed by atoms with Gasteiger partial charge in [-0.05, 0) is 49.7 Å². The molecule has 0 aliphatic heterocycles. The number of methoxy groups -OCH3 is 1. The smallest absolute Gasteiger partial charge is 0.240 e. The fourth-order valence-corrected chi connectivity index (χ4v) is 3.55. The molecule has 1 N–H and O–H groups in total. The predicted molar refractivity (Wildman–Crippen MR) is 85.5 cm³/mol. The molecule has 0 fully saturated rings. The van der Waals surface area contributed by atoms with Crippen molar-refractivity contribution >= 4 is 10.0 Å². The van der Waals surface area contributed by atoms with E-state index in [-0.39, 0.29) is 10.9 Å². The molecule has 6 heteroatoms. The highest BCUT2D eigenvalue weighted by Gasteiger charge is 2.18. The minimum atomic E-state index is -3.56. The lowest BCUT2D eigenvalue weighted by Gasteiger charge is -2.15. The third-order valence-electron chi connectivity index (χ3n) is 3.27. The van der Waals surface area contributed by atoms with Crippen LogP contribution in [0.2, 0.25) is 0 Å². The second-order valence-corrected chi connectivity index (χ2v) is 6.89. The van der Waals surface area contributed by atoms with Gasteiger partial charge >= 0.3 is 0 Å². The van der Waals surface area contributed by atoms with Crippen molar-refractivity contribution in [1.29, 1.82) is 0 Å². The van der Waals surface area contributed by atoms with Crippen molar-refractivity contribution in [2.75, 3.05) is 7.11 Å². The molecule has 5 nitrogen and oxygen atoms in total. The molecule has 0 saturated heterocycles. The largest absolute Gasteiger partial charge is 0.496 e. The van der Waals surface area contributed by atoms with E-state index in [1.165, 1.54) is 0 Å². The Balaban J connectivity index is 2.12. The highest BCUT2D eigenvalue weighted by Crippen LogP contribution is 2.21. The Labute approximate surface area is 131 Å². The summed E-state index contributed by atoms with van der Waals surface area (Å²) < 4.78 is 32.7. The molecule has 2 aromatic rings. The Morgan fingerprint density at radius 1 is 1.27 bits per heavy atom. The van der Waals surface area contributed by atoms with Crippen molar-refractivity contribution in [2.45, 2.75) is 31.2 Å². The molecule has 0 saturated carbocycles. The van der Waals surface area contributed by atoms with Crippen LogP contribution in [0, 0.1) is 6.92 Å². The lowest BCUT2D eigenvalue weighted by atomic mass is 10.2. The van der Waals surface area contributed by atoms with Gasteiger partial charge in [0.1, 0.15) is 5.75 Å². The maximum atomic E-state index is 12.4. The molecule has 0 amide bonds. The van der Waals surface area contributed by atoms with Crippen molar-refractivity contribution < 1.29 is 13.2 Å². The number of pyridine rings is 1. The first-order valence-electron chi connectivity index (χ1n) is 6.99. The van der Waals surface area contributed by atoms with E-state index in [0.717, 1.165) is 11.3 Å². The van der Waals surface area contributed by atoms with Gasteiger partial charge in [-0.3, -0.25) is 4.98 Å². The Bertz CT molecular complexity index is 730. The molecule has 118 valence electrons. The van der Waals surface area contributed by atoms with Crippen molar-refractivity contribution in [3.05, 3.63) is 53.9 Å². The van der Waals surface area contributed by atoms with Gasteiger partial charge in [-0.15, -0.1) is 0 Å². The minimum absolute atomic E-state index is 0.235. The van der Waals surface area contributed by atoms with Crippen LogP contribution in [0.3, 0.4) is 0 Å². The van der Waals surface area contributed by atoms with Gasteiger partial charge in [0, 0.05) is 24.4 Å². The summed E-state index contributed by atoms with van der Waals surface area (Å²) >= 11 is 0. The standard InChI is InChI=1S/C16H20N2O3S/c1-12-10-15(7-8-16(12)21-3)22(19,20)18-13(2)11-14-6-4-5-9-17-14/h4-10,13,18H,11H2,1-3H3/t13-/m0/s1. The number of sulfonamides is 1. The summed E-state index contributed by atoms with van der Waals surface area (Å²) in [6, 6.07) is 10.2. The molecule has 0 aliphatic carbocycles. The normalized spacial score (nSPS) is 12.9. The molecule has 1 heterocycles. The zero-order chi connectivity index (χ0) is 16.2. The van der Waals surface area contributed by atoms with E-state index >= 15 is 0 Å². The third kappa shape index (κ3) is 4.05. The van der Waals surface area contributed by atoms with Crippen molar-refractivity contribution in [2.24, 2.45) is 0 Å². The zero-order valence-corrected chi connectivity index (χ0v) is 13.7. The summed E-state index contributed by atoms with van der Waals surface area (Å²) in [7, 11) is -2.00. The molecule has 1 aromatic carbocycles. The van der Waals surface area contributed by atoms with Crippen LogP contribution in [-0.2, 0) is 16.4 Å². The number of nitrogens with one attached hydrogen (secondary N) is 1. The fraction of sp³-hybridized carbons (Fsp3) is 0.312. The first-order valence-corrected chi connectivity index (χ1v) is 8.47. The molecule has 0 aliphatic rings. The van der Waals surface area contributed by atoms with Gasteiger partial charge in [0.25, 0.3) is 0 Å². The summed E-state index contributed by atoms with van der Waals surface area (Å²) in [4.78, 5) is 4.44. The van der Waals surface area contributed by atoms with Gasteiger partial charge in [0.15, 0.2) is 0 Å². The van der Waals surface area contributed by atoms with E-state index in [1.807, 2.05) is 32.0 Å². The molecule has 22 heavy (non-hydrogen) atoms. The summed E-state index contributed by atoms with van der Waals surface area (Å²) in [6.45, 7) is 3.64. The highest BCUT2D eigenvalue weighted by atomic mass is 32.2. The van der Waals surface area contributed by atoms with Crippen LogP contribution in [0.1, 0.15) is 18.2 Å². The molecule has 0 spiro atoms. The van der Waals surface area contributed by atoms with E-state index in [4.69, 9.17) is 4.74 Å². The van der Waals surface area contributed by atoms with Crippen molar-refractivity contribution in [3.8, 4) is 5.75 Å². The zero-order valence-electron chi connectivity index (χ0n) is 12.9. The second kappa shape index (κ2) is 6.89. The van der Waals surface area contributed by atoms with Crippen molar-refractivity contribution in [1.82, 2.24) is 9.71 Å². The van der Waals surface area contributed by atoms with Crippen molar-refractivity contribution in [3.63, 3.8) is 0 Å². The molecule has 2 rings (SSSR count). The Morgan fingerprint density at radius 3 is 2.64 bits per heavy atom. The Kier molecular flexibility index (Phi) is 5.15. The quantitative estimate of drug-likeness (QED) is 0.887. The van der Waals surface area contributed by atoms with E-state index in [2.05, 4.69) is 9.71 Å². The number of hydrogen-bond acceptors (Lipinski definition) is 4. The molecule has 1 aromatic heterocycles. The summed E-state index contributed by atoms with van der Waals surface area (Å²) in [5, 5.41) is 0. The van der Waals surface area contributed by atoms with Crippen LogP contribution >= 0.6 is 0 Å². The lowest BCUT2D eigenvalue weighted by Crippen LogP contribution is -2.34. The van der Waals surface area contributed by atoms with E-state index in [0.29, 0.717) is 12.2 Å². The molecular weight excluding hydrogens is 300 g/mol. The lowest BCUT2D eigenvalue weighted by molar-refractivity contribution is 0.411. The number of hydrogen-bond donors (Lipinski definition) is 1. The van der Waals surface area contributed by atoms with E-state index < -0.39 is 10.0 Å². The second-order valence-electron chi connectivity index (χ2n) is 5.18. The predicted octanol–water partition coefficient (Wildman–Crippen LogP) is 2.31.